The summed E-state index contributed by atoms with van der Waals surface area (Å²) < 4.78 is 0. The molecule has 0 spiro atoms. The third kappa shape index (κ3) is 6.86. The van der Waals surface area contributed by atoms with Gasteiger partial charge in [0.05, 0.1) is 0 Å². The molecule has 0 aromatic carbocycles. The maximum atomic E-state index is 7.00. The van der Waals surface area contributed by atoms with Gasteiger partial charge in [0.2, 0.25) is 0 Å². The van der Waals surface area contributed by atoms with Crippen LogP contribution in [0.15, 0.2) is 22.8 Å². The largest absolute Gasteiger partial charge is 0.400 e. The zero-order chi connectivity index (χ0) is 13.8. The maximum Gasteiger partial charge on any atom is 0.0319 e. The fourth-order valence-electron chi connectivity index (χ4n) is 2.46. The molecule has 0 bridgehead atoms. The van der Waals surface area contributed by atoms with Gasteiger partial charge in [-0.05, 0) is 44.1 Å². The summed E-state index contributed by atoms with van der Waals surface area (Å²) in [4.78, 5) is 0. The number of hydrogen-bond acceptors (Lipinski definition) is 3. The van der Waals surface area contributed by atoms with E-state index in [0.29, 0.717) is 0 Å². The van der Waals surface area contributed by atoms with Crippen LogP contribution in [-0.4, -0.2) is 36.6 Å². The van der Waals surface area contributed by atoms with E-state index in [2.05, 4.69) is 19.9 Å². The summed E-state index contributed by atoms with van der Waals surface area (Å²) >= 11 is 0. The van der Waals surface area contributed by atoms with Crippen LogP contribution in [0, 0.1) is 5.92 Å². The molecule has 0 aliphatic heterocycles. The molecule has 3 nitrogen and oxygen atoms in total. The molecule has 0 fully saturated rings. The van der Waals surface area contributed by atoms with Crippen molar-refractivity contribution in [1.82, 2.24) is 0 Å². The summed E-state index contributed by atoms with van der Waals surface area (Å²) in [5.74, 6) is 0.755. The molecule has 2 aliphatic rings. The van der Waals surface area contributed by atoms with E-state index in [-0.39, 0.29) is 21.7 Å². The zero-order valence-electron chi connectivity index (χ0n) is 12.3. The van der Waals surface area contributed by atoms with Gasteiger partial charge in [0, 0.05) is 43.0 Å². The van der Waals surface area contributed by atoms with Crippen molar-refractivity contribution < 1.29 is 37.0 Å². The molecular weight excluding hydrogens is 264 g/mol. The molecule has 1 atom stereocenters. The van der Waals surface area contributed by atoms with E-state index in [1.807, 2.05) is 0 Å². The molecule has 2 rings (SSSR count). The van der Waals surface area contributed by atoms with Crippen LogP contribution in [0.1, 0.15) is 39.5 Å². The first-order valence-electron chi connectivity index (χ1n) is 6.04. The number of aliphatic hydroxyl groups is 3. The molecule has 0 aromatic rings. The SMILES string of the molecule is CC1=CC(C)C2=C1CCCC2.CO.CO.CO.[Ti]. The Balaban J connectivity index is -0.000000285. The predicted molar refractivity (Wildman–Crippen MR) is 72.8 cm³/mol. The Hall–Kier alpha value is 0.0743. The minimum Gasteiger partial charge on any atom is -0.400 e. The van der Waals surface area contributed by atoms with Gasteiger partial charge in [-0.25, -0.2) is 0 Å². The van der Waals surface area contributed by atoms with E-state index in [1.54, 1.807) is 16.7 Å². The van der Waals surface area contributed by atoms with Gasteiger partial charge < -0.3 is 15.3 Å². The summed E-state index contributed by atoms with van der Waals surface area (Å²) in [7, 11) is 3.00. The van der Waals surface area contributed by atoms with Crippen LogP contribution in [0.5, 0.6) is 0 Å². The van der Waals surface area contributed by atoms with Gasteiger partial charge in [0.15, 0.2) is 0 Å². The predicted octanol–water partition coefficient (Wildman–Crippen LogP) is 2.28. The van der Waals surface area contributed by atoms with Gasteiger partial charge >= 0.3 is 0 Å². The summed E-state index contributed by atoms with van der Waals surface area (Å²) in [6, 6.07) is 0. The third-order valence-corrected chi connectivity index (χ3v) is 3.04. The number of rotatable bonds is 0. The third-order valence-electron chi connectivity index (χ3n) is 3.04. The molecule has 1 unspecified atom stereocenters. The molecule has 0 aromatic heterocycles. The second-order valence-electron chi connectivity index (χ2n) is 3.85. The van der Waals surface area contributed by atoms with Gasteiger partial charge in [0.1, 0.15) is 0 Å². The molecule has 0 amide bonds. The van der Waals surface area contributed by atoms with Crippen molar-refractivity contribution in [3.63, 3.8) is 0 Å². The Kier molecular flexibility index (Phi) is 19.5. The van der Waals surface area contributed by atoms with Gasteiger partial charge in [-0.2, -0.15) is 0 Å². The first-order valence-corrected chi connectivity index (χ1v) is 6.04. The molecule has 2 aliphatic carbocycles. The van der Waals surface area contributed by atoms with Crippen molar-refractivity contribution in [2.24, 2.45) is 5.92 Å². The molecule has 4 heteroatoms. The second-order valence-corrected chi connectivity index (χ2v) is 3.85. The van der Waals surface area contributed by atoms with Crippen molar-refractivity contribution in [3.05, 3.63) is 22.8 Å². The molecule has 0 radical (unpaired) electrons. The van der Waals surface area contributed by atoms with Crippen LogP contribution < -0.4 is 0 Å². The van der Waals surface area contributed by atoms with Crippen molar-refractivity contribution in [2.75, 3.05) is 21.3 Å². The summed E-state index contributed by atoms with van der Waals surface area (Å²) in [6.45, 7) is 4.60. The van der Waals surface area contributed by atoms with Crippen LogP contribution in [-0.2, 0) is 21.7 Å². The minimum absolute atomic E-state index is 0. The normalized spacial score (nSPS) is 19.6. The van der Waals surface area contributed by atoms with E-state index in [0.717, 1.165) is 27.2 Å². The van der Waals surface area contributed by atoms with Crippen LogP contribution in [0.2, 0.25) is 0 Å². The van der Waals surface area contributed by atoms with Crippen molar-refractivity contribution >= 4 is 0 Å². The van der Waals surface area contributed by atoms with Gasteiger partial charge in [0.25, 0.3) is 0 Å². The molecule has 0 saturated heterocycles. The molecule has 18 heavy (non-hydrogen) atoms. The van der Waals surface area contributed by atoms with Crippen LogP contribution in [0.25, 0.3) is 0 Å². The van der Waals surface area contributed by atoms with Crippen LogP contribution >= 0.6 is 0 Å². The van der Waals surface area contributed by atoms with E-state index < -0.39 is 0 Å². The molecule has 3 N–H and O–H groups in total. The Morgan fingerprint density at radius 1 is 0.944 bits per heavy atom. The Labute approximate surface area is 126 Å². The van der Waals surface area contributed by atoms with E-state index in [1.165, 1.54) is 25.7 Å². The quantitative estimate of drug-likeness (QED) is 0.600. The monoisotopic (exact) mass is 292 g/mol. The number of hydrogen-bond donors (Lipinski definition) is 3. The van der Waals surface area contributed by atoms with Crippen molar-refractivity contribution in [1.29, 1.82) is 0 Å². The topological polar surface area (TPSA) is 60.7 Å². The smallest absolute Gasteiger partial charge is 0.0319 e. The first kappa shape index (κ1) is 23.2. The molecule has 106 valence electrons. The van der Waals surface area contributed by atoms with Crippen molar-refractivity contribution in [2.45, 2.75) is 39.5 Å². The fraction of sp³-hybridized carbons (Fsp3) is 0.714. The van der Waals surface area contributed by atoms with Crippen LogP contribution in [0.3, 0.4) is 0 Å². The zero-order valence-corrected chi connectivity index (χ0v) is 13.9. The Morgan fingerprint density at radius 2 is 1.39 bits per heavy atom. The molecule has 0 heterocycles. The second kappa shape index (κ2) is 15.1. The average Bonchev–Trinajstić information content (AvgIpc) is 2.73. The summed E-state index contributed by atoms with van der Waals surface area (Å²) in [5.41, 5.74) is 5.00. The van der Waals surface area contributed by atoms with Gasteiger partial charge in [-0.3, -0.25) is 0 Å². The van der Waals surface area contributed by atoms with Gasteiger partial charge in [-0.1, -0.05) is 24.1 Å². The van der Waals surface area contributed by atoms with Gasteiger partial charge in [-0.15, -0.1) is 0 Å². The fourth-order valence-corrected chi connectivity index (χ4v) is 2.46. The van der Waals surface area contributed by atoms with Crippen LogP contribution in [0.4, 0.5) is 0 Å². The Morgan fingerprint density at radius 3 is 1.83 bits per heavy atom. The average molecular weight is 292 g/mol. The molecular formula is C14H28O3Ti. The number of aliphatic hydroxyl groups excluding tert-OH is 3. The summed E-state index contributed by atoms with van der Waals surface area (Å²) in [6.07, 6.45) is 7.98. The van der Waals surface area contributed by atoms with E-state index in [4.69, 9.17) is 15.3 Å². The maximum absolute atomic E-state index is 7.00. The molecule has 0 saturated carbocycles. The Bertz CT molecular complexity index is 247. The summed E-state index contributed by atoms with van der Waals surface area (Å²) in [5, 5.41) is 21.0. The van der Waals surface area contributed by atoms with Crippen molar-refractivity contribution in [3.8, 4) is 0 Å². The number of allylic oxidation sites excluding steroid dienone is 4. The minimum atomic E-state index is 0. The standard InChI is InChI=1S/C11H16.3CH4O.Ti/c1-8-7-9(2)11-6-4-3-5-10(8)11;3*1-2;/h7-8H,3-6H2,1-2H3;3*2H,1H3;. The first-order chi connectivity index (χ1) is 8.29. The van der Waals surface area contributed by atoms with E-state index in [9.17, 15) is 0 Å². The van der Waals surface area contributed by atoms with E-state index >= 15 is 0 Å².